The fourth-order valence-electron chi connectivity index (χ4n) is 6.09. The Labute approximate surface area is 336 Å². The minimum absolute atomic E-state index is 0.233. The number of likely N-dealkylation sites (tertiary alicyclic amines) is 2. The summed E-state index contributed by atoms with van der Waals surface area (Å²) in [6, 6.07) is 31.0. The highest BCUT2D eigenvalue weighted by molar-refractivity contribution is 5.68. The molecule has 0 aromatic heterocycles. The number of para-hydroxylation sites is 1. The van der Waals surface area contributed by atoms with Crippen LogP contribution in [-0.4, -0.2) is 70.6 Å². The molecule has 57 heavy (non-hydrogen) atoms. The molecule has 1 atom stereocenters. The Balaban J connectivity index is 0.000000209. The molecule has 0 spiro atoms. The summed E-state index contributed by atoms with van der Waals surface area (Å²) in [7, 11) is 0. The van der Waals surface area contributed by atoms with Gasteiger partial charge in [-0.05, 0) is 114 Å². The zero-order valence-corrected chi connectivity index (χ0v) is 34.1. The molecule has 2 heterocycles. The van der Waals surface area contributed by atoms with E-state index in [4.69, 9.17) is 18.9 Å². The minimum atomic E-state index is -0.493. The van der Waals surface area contributed by atoms with Crippen molar-refractivity contribution in [1.29, 1.82) is 0 Å². The van der Waals surface area contributed by atoms with Crippen molar-refractivity contribution in [3.8, 4) is 11.5 Å². The summed E-state index contributed by atoms with van der Waals surface area (Å²) >= 11 is 0. The molecule has 0 bridgehead atoms. The summed E-state index contributed by atoms with van der Waals surface area (Å²) in [5.74, 6) is 0.118. The number of ether oxygens (including phenoxy) is 4. The summed E-state index contributed by atoms with van der Waals surface area (Å²) in [6.45, 7) is 14.2. The van der Waals surface area contributed by atoms with Gasteiger partial charge in [-0.1, -0.05) is 78.9 Å². The first-order valence-corrected chi connectivity index (χ1v) is 19.6. The largest absolute Gasteiger partial charge is 0.486 e. The predicted octanol–water partition coefficient (Wildman–Crippen LogP) is 10.3. The molecule has 2 saturated heterocycles. The van der Waals surface area contributed by atoms with Crippen LogP contribution in [0.2, 0.25) is 0 Å². The molecule has 4 aromatic rings. The van der Waals surface area contributed by atoms with Crippen molar-refractivity contribution in [2.75, 3.05) is 26.2 Å². The third-order valence-corrected chi connectivity index (χ3v) is 8.93. The first-order valence-electron chi connectivity index (χ1n) is 19.6. The van der Waals surface area contributed by atoms with Gasteiger partial charge in [-0.3, -0.25) is 0 Å². The van der Waals surface area contributed by atoms with Gasteiger partial charge in [0, 0.05) is 26.2 Å². The lowest BCUT2D eigenvalue weighted by Gasteiger charge is -2.33. The van der Waals surface area contributed by atoms with Gasteiger partial charge in [0.2, 0.25) is 0 Å². The topological polar surface area (TPSA) is 97.8 Å². The predicted molar refractivity (Wildman–Crippen MR) is 217 cm³/mol. The second kappa shape index (κ2) is 21.4. The van der Waals surface area contributed by atoms with Gasteiger partial charge in [-0.15, -0.1) is 0 Å². The number of hydrogen-bond acceptors (Lipinski definition) is 7. The summed E-state index contributed by atoms with van der Waals surface area (Å²) < 4.78 is 49.2. The number of carbonyl (C=O) groups is 2. The third-order valence-electron chi connectivity index (χ3n) is 8.93. The highest BCUT2D eigenvalue weighted by Gasteiger charge is 2.28. The summed E-state index contributed by atoms with van der Waals surface area (Å²) in [4.78, 5) is 27.0. The Morgan fingerprint density at radius 1 is 0.632 bits per heavy atom. The van der Waals surface area contributed by atoms with E-state index >= 15 is 0 Å². The third kappa shape index (κ3) is 16.1. The van der Waals surface area contributed by atoms with E-state index in [1.165, 1.54) is 6.07 Å². The molecule has 0 radical (unpaired) electrons. The van der Waals surface area contributed by atoms with Gasteiger partial charge in [0.1, 0.15) is 24.4 Å². The average Bonchev–Trinajstić information content (AvgIpc) is 3.17. The highest BCUT2D eigenvalue weighted by atomic mass is 19.1. The van der Waals surface area contributed by atoms with E-state index in [2.05, 4.69) is 0 Å². The van der Waals surface area contributed by atoms with Crippen LogP contribution in [0.25, 0.3) is 0 Å². The Morgan fingerprint density at radius 3 is 1.61 bits per heavy atom. The van der Waals surface area contributed by atoms with Crippen molar-refractivity contribution in [1.82, 2.24) is 9.80 Å². The lowest BCUT2D eigenvalue weighted by atomic mass is 9.89. The van der Waals surface area contributed by atoms with Crippen molar-refractivity contribution < 1.29 is 42.4 Å². The van der Waals surface area contributed by atoms with Gasteiger partial charge in [0.05, 0.1) is 6.10 Å². The Bertz CT molecular complexity index is 1820. The van der Waals surface area contributed by atoms with Crippen LogP contribution in [0.1, 0.15) is 89.8 Å². The van der Waals surface area contributed by atoms with E-state index in [0.29, 0.717) is 45.1 Å². The number of nitrogens with zero attached hydrogens (tertiary/aromatic N) is 2. The Hall–Kier alpha value is -5.16. The number of β-amino-alcohol motifs (C(OH)–C–C–N with tert-alkyl or cyclic N) is 1. The highest BCUT2D eigenvalue weighted by Crippen LogP contribution is 2.31. The maximum atomic E-state index is 14.5. The molecule has 1 N–H and O–H groups in total. The summed E-state index contributed by atoms with van der Waals surface area (Å²) in [6.07, 6.45) is 2.22. The monoisotopic (exact) mass is 788 g/mol. The number of hydrogen-bond donors (Lipinski definition) is 1. The van der Waals surface area contributed by atoms with E-state index in [1.54, 1.807) is 40.1 Å². The maximum Gasteiger partial charge on any atom is 0.410 e. The molecular weight excluding hydrogens is 731 g/mol. The van der Waals surface area contributed by atoms with Crippen LogP contribution in [0.4, 0.5) is 18.4 Å². The number of rotatable bonds is 7. The van der Waals surface area contributed by atoms with Crippen molar-refractivity contribution in [3.05, 3.63) is 131 Å². The van der Waals surface area contributed by atoms with Gasteiger partial charge in [-0.2, -0.15) is 0 Å². The van der Waals surface area contributed by atoms with Gasteiger partial charge in [0.25, 0.3) is 0 Å². The Kier molecular flexibility index (Phi) is 16.7. The number of benzene rings is 4. The first-order chi connectivity index (χ1) is 27.1. The van der Waals surface area contributed by atoms with Crippen LogP contribution < -0.4 is 9.47 Å². The van der Waals surface area contributed by atoms with Gasteiger partial charge < -0.3 is 33.9 Å². The van der Waals surface area contributed by atoms with Crippen LogP contribution in [-0.2, 0) is 22.7 Å². The van der Waals surface area contributed by atoms with Gasteiger partial charge in [-0.25, -0.2) is 18.4 Å². The molecule has 2 fully saturated rings. The number of piperidine rings is 2. The summed E-state index contributed by atoms with van der Waals surface area (Å²) in [5.41, 5.74) is 2.03. The van der Waals surface area contributed by atoms with Gasteiger partial charge in [0.15, 0.2) is 23.1 Å². The molecule has 0 saturated carbocycles. The van der Waals surface area contributed by atoms with E-state index in [1.807, 2.05) is 108 Å². The molecule has 2 aliphatic rings. The molecule has 308 valence electrons. The number of aliphatic hydroxyl groups excluding tert-OH is 1. The molecule has 9 nitrogen and oxygen atoms in total. The zero-order chi connectivity index (χ0) is 41.4. The van der Waals surface area contributed by atoms with Crippen molar-refractivity contribution >= 4 is 12.2 Å². The maximum absolute atomic E-state index is 14.5. The molecular formula is C46H58F2N2O7. The van der Waals surface area contributed by atoms with Crippen LogP contribution >= 0.6 is 0 Å². The van der Waals surface area contributed by atoms with E-state index in [0.717, 1.165) is 42.4 Å². The zero-order valence-electron chi connectivity index (χ0n) is 34.1. The fourth-order valence-corrected chi connectivity index (χ4v) is 6.09. The minimum Gasteiger partial charge on any atom is -0.486 e. The van der Waals surface area contributed by atoms with Gasteiger partial charge >= 0.3 is 12.2 Å². The molecule has 0 aliphatic carbocycles. The van der Waals surface area contributed by atoms with Crippen LogP contribution in [0.15, 0.2) is 103 Å². The standard InChI is InChI=1S/C23H28FNO3.C13H11FO.C10H19NO3/c1-23(2,3)28-22(26)25-13-11-18(12-14-25)19-9-10-21(20(24)15-19)27-16-17-7-5-4-6-8-17;14-12-8-4-5-9-13(12)15-10-11-6-2-1-3-7-11;1-10(2,3)14-9(13)11-6-4-5-8(12)7-11/h4-10,15,18H,11-14,16H2,1-3H3;1-9H,10H2;8,12H,4-7H2,1-3H3. The smallest absolute Gasteiger partial charge is 0.410 e. The number of aliphatic hydroxyl groups is 1. The second-order valence-corrected chi connectivity index (χ2v) is 16.1. The number of amides is 2. The van der Waals surface area contributed by atoms with Crippen LogP contribution in [0.3, 0.4) is 0 Å². The van der Waals surface area contributed by atoms with E-state index < -0.39 is 17.3 Å². The van der Waals surface area contributed by atoms with E-state index in [-0.39, 0.29) is 35.5 Å². The van der Waals surface area contributed by atoms with E-state index in [9.17, 15) is 23.5 Å². The van der Waals surface area contributed by atoms with Crippen LogP contribution in [0, 0.1) is 11.6 Å². The molecule has 2 amide bonds. The first kappa shape index (κ1) is 44.6. The molecule has 1 unspecified atom stereocenters. The SMILES string of the molecule is CC(C)(C)OC(=O)N1CCC(c2ccc(OCc3ccccc3)c(F)c2)CC1.CC(C)(C)OC(=O)N1CCCC(O)C1.Fc1ccccc1OCc1ccccc1. The fraction of sp³-hybridized carbons (Fsp3) is 0.435. The lowest BCUT2D eigenvalue weighted by molar-refractivity contribution is 0.00388. The number of halogens is 2. The normalized spacial score (nSPS) is 15.9. The Morgan fingerprint density at radius 2 is 1.12 bits per heavy atom. The van der Waals surface area contributed by atoms with Crippen molar-refractivity contribution in [2.45, 2.75) is 104 Å². The van der Waals surface area contributed by atoms with Crippen molar-refractivity contribution in [2.24, 2.45) is 0 Å². The number of carbonyl (C=O) groups excluding carboxylic acids is 2. The lowest BCUT2D eigenvalue weighted by Crippen LogP contribution is -2.44. The average molecular weight is 789 g/mol. The quantitative estimate of drug-likeness (QED) is 0.199. The molecule has 4 aromatic carbocycles. The molecule has 2 aliphatic heterocycles. The summed E-state index contributed by atoms with van der Waals surface area (Å²) in [5, 5.41) is 9.38. The second-order valence-electron chi connectivity index (χ2n) is 16.1. The molecule has 11 heteroatoms. The molecule has 6 rings (SSSR count). The van der Waals surface area contributed by atoms with Crippen molar-refractivity contribution in [3.63, 3.8) is 0 Å². The van der Waals surface area contributed by atoms with Crippen LogP contribution in [0.5, 0.6) is 11.5 Å².